The number of rotatable bonds is 2. The van der Waals surface area contributed by atoms with Crippen LogP contribution in [0.5, 0.6) is 0 Å². The molecule has 5 rings (SSSR count). The summed E-state index contributed by atoms with van der Waals surface area (Å²) in [7, 11) is 2.07. The molecule has 132 valence electrons. The van der Waals surface area contributed by atoms with E-state index in [4.69, 9.17) is 0 Å². The van der Waals surface area contributed by atoms with Gasteiger partial charge in [0.15, 0.2) is 0 Å². The molecule has 1 N–H and O–H groups in total. The zero-order chi connectivity index (χ0) is 17.9. The molecule has 3 aliphatic rings. The van der Waals surface area contributed by atoms with E-state index >= 15 is 0 Å². The first kappa shape index (κ1) is 16.1. The van der Waals surface area contributed by atoms with Crippen molar-refractivity contribution in [3.8, 4) is 0 Å². The Morgan fingerprint density at radius 1 is 1.32 bits per heavy atom. The van der Waals surface area contributed by atoms with Gasteiger partial charge < -0.3 is 5.11 Å². The Balaban J connectivity index is 1.94. The molecule has 1 aromatic heterocycles. The molecular formula is C18H20FN3O3. The highest BCUT2D eigenvalue weighted by molar-refractivity contribution is 5.92. The van der Waals surface area contributed by atoms with Crippen LogP contribution in [0.1, 0.15) is 30.1 Å². The van der Waals surface area contributed by atoms with Crippen LogP contribution in [0, 0.1) is 11.7 Å². The van der Waals surface area contributed by atoms with Gasteiger partial charge in [0.25, 0.3) is 0 Å². The van der Waals surface area contributed by atoms with Crippen LogP contribution in [0.3, 0.4) is 0 Å². The third-order valence-corrected chi connectivity index (χ3v) is 5.81. The minimum Gasteiger partial charge on any atom is -0.477 e. The summed E-state index contributed by atoms with van der Waals surface area (Å²) >= 11 is 0. The van der Waals surface area contributed by atoms with E-state index in [9.17, 15) is 19.1 Å². The van der Waals surface area contributed by atoms with Gasteiger partial charge in [-0.05, 0) is 50.9 Å². The highest BCUT2D eigenvalue weighted by Gasteiger charge is 2.42. The molecule has 4 heterocycles. The molecule has 3 unspecified atom stereocenters. The molecule has 3 aliphatic heterocycles. The second-order valence-corrected chi connectivity index (χ2v) is 7.03. The van der Waals surface area contributed by atoms with E-state index in [-0.39, 0.29) is 17.1 Å². The summed E-state index contributed by atoms with van der Waals surface area (Å²) < 4.78 is 15.4. The summed E-state index contributed by atoms with van der Waals surface area (Å²) in [5, 5.41) is 11.6. The van der Waals surface area contributed by atoms with Crippen molar-refractivity contribution in [2.45, 2.75) is 32.0 Å². The Morgan fingerprint density at radius 2 is 2.08 bits per heavy atom. The zero-order valence-corrected chi connectivity index (χ0v) is 14.1. The zero-order valence-electron chi connectivity index (χ0n) is 14.1. The number of carboxylic acids is 1. The number of aromatic nitrogens is 1. The SMILES string of the molecule is CC1C2CCC(N1C)N(n1cc(C(=O)O)c(=O)c3cc(F)ccc31)C2. The van der Waals surface area contributed by atoms with Crippen molar-refractivity contribution in [1.29, 1.82) is 0 Å². The van der Waals surface area contributed by atoms with E-state index in [1.807, 2.05) is 0 Å². The summed E-state index contributed by atoms with van der Waals surface area (Å²) in [6, 6.07) is 4.42. The fourth-order valence-electron chi connectivity index (χ4n) is 4.26. The molecule has 0 radical (unpaired) electrons. The normalized spacial score (nSPS) is 26.4. The maximum absolute atomic E-state index is 13.7. The smallest absolute Gasteiger partial charge is 0.341 e. The molecule has 0 amide bonds. The van der Waals surface area contributed by atoms with Crippen LogP contribution in [-0.4, -0.2) is 46.5 Å². The second kappa shape index (κ2) is 5.56. The second-order valence-electron chi connectivity index (χ2n) is 7.03. The minimum absolute atomic E-state index is 0.0945. The number of benzene rings is 1. The van der Waals surface area contributed by atoms with Gasteiger partial charge in [-0.1, -0.05) is 0 Å². The van der Waals surface area contributed by atoms with Gasteiger partial charge in [-0.15, -0.1) is 0 Å². The molecule has 6 nitrogen and oxygen atoms in total. The van der Waals surface area contributed by atoms with Gasteiger partial charge in [0.1, 0.15) is 11.4 Å². The molecule has 0 saturated carbocycles. The number of halogens is 1. The quantitative estimate of drug-likeness (QED) is 0.900. The Kier molecular flexibility index (Phi) is 3.57. The molecule has 3 saturated heterocycles. The van der Waals surface area contributed by atoms with Crippen molar-refractivity contribution >= 4 is 16.9 Å². The predicted octanol–water partition coefficient (Wildman–Crippen LogP) is 1.85. The van der Waals surface area contributed by atoms with E-state index in [2.05, 4.69) is 23.9 Å². The summed E-state index contributed by atoms with van der Waals surface area (Å²) in [4.78, 5) is 26.3. The van der Waals surface area contributed by atoms with Crippen LogP contribution in [0.2, 0.25) is 0 Å². The fourth-order valence-corrected chi connectivity index (χ4v) is 4.26. The van der Waals surface area contributed by atoms with Gasteiger partial charge in [-0.3, -0.25) is 19.4 Å². The van der Waals surface area contributed by atoms with E-state index in [0.717, 1.165) is 25.5 Å². The van der Waals surface area contributed by atoms with Gasteiger partial charge in [0.05, 0.1) is 17.1 Å². The van der Waals surface area contributed by atoms with E-state index < -0.39 is 17.2 Å². The first-order valence-electron chi connectivity index (χ1n) is 8.45. The maximum Gasteiger partial charge on any atom is 0.341 e. The molecule has 0 aliphatic carbocycles. The van der Waals surface area contributed by atoms with Gasteiger partial charge in [0.2, 0.25) is 5.43 Å². The van der Waals surface area contributed by atoms with Gasteiger partial charge in [0, 0.05) is 18.8 Å². The number of aromatic carboxylic acids is 1. The lowest BCUT2D eigenvalue weighted by Crippen LogP contribution is -2.67. The lowest BCUT2D eigenvalue weighted by Gasteiger charge is -2.55. The number of pyridine rings is 1. The molecule has 1 aromatic carbocycles. The predicted molar refractivity (Wildman–Crippen MR) is 91.9 cm³/mol. The number of nitrogens with zero attached hydrogens (tertiary/aromatic N) is 3. The van der Waals surface area contributed by atoms with Crippen LogP contribution in [0.25, 0.3) is 10.9 Å². The standard InChI is InChI=1S/C18H20FN3O3/c1-10-11-3-6-16(20(10)2)22(8-11)21-9-14(18(24)25)17(23)13-7-12(19)4-5-15(13)21/h4-5,7,9-11,16H,3,6,8H2,1-2H3,(H,24,25). The average Bonchev–Trinajstić information content (AvgIpc) is 2.59. The van der Waals surface area contributed by atoms with Crippen molar-refractivity contribution < 1.29 is 14.3 Å². The molecule has 2 aromatic rings. The topological polar surface area (TPSA) is 65.8 Å². The molecule has 25 heavy (non-hydrogen) atoms. The number of carbonyl (C=O) groups is 1. The van der Waals surface area contributed by atoms with Crippen LogP contribution in [-0.2, 0) is 0 Å². The number of fused-ring (bicyclic) bond motifs is 4. The first-order valence-corrected chi connectivity index (χ1v) is 8.45. The Morgan fingerprint density at radius 3 is 2.76 bits per heavy atom. The van der Waals surface area contributed by atoms with Crippen LogP contribution in [0.4, 0.5) is 4.39 Å². The third-order valence-electron chi connectivity index (χ3n) is 5.81. The van der Waals surface area contributed by atoms with Crippen LogP contribution in [0.15, 0.2) is 29.2 Å². The van der Waals surface area contributed by atoms with E-state index in [1.54, 1.807) is 10.7 Å². The monoisotopic (exact) mass is 345 g/mol. The largest absolute Gasteiger partial charge is 0.477 e. The van der Waals surface area contributed by atoms with Gasteiger partial charge in [-0.2, -0.15) is 0 Å². The highest BCUT2D eigenvalue weighted by atomic mass is 19.1. The fraction of sp³-hybridized carbons (Fsp3) is 0.444. The highest BCUT2D eigenvalue weighted by Crippen LogP contribution is 2.35. The number of piperidine rings is 2. The lowest BCUT2D eigenvalue weighted by atomic mass is 9.84. The van der Waals surface area contributed by atoms with E-state index in [1.165, 1.54) is 12.3 Å². The molecule has 3 atom stereocenters. The summed E-state index contributed by atoms with van der Waals surface area (Å²) in [5.74, 6) is -1.38. The lowest BCUT2D eigenvalue weighted by molar-refractivity contribution is 0.0160. The molecule has 7 heteroatoms. The summed E-state index contributed by atoms with van der Waals surface area (Å²) in [6.07, 6.45) is 3.61. The van der Waals surface area contributed by atoms with Crippen molar-refractivity contribution in [2.75, 3.05) is 18.6 Å². The Labute approximate surface area is 144 Å². The van der Waals surface area contributed by atoms with Gasteiger partial charge >= 0.3 is 5.97 Å². The molecular weight excluding hydrogens is 325 g/mol. The Hall–Kier alpha value is -2.41. The molecule has 2 bridgehead atoms. The minimum atomic E-state index is -1.30. The van der Waals surface area contributed by atoms with Crippen LogP contribution >= 0.6 is 0 Å². The van der Waals surface area contributed by atoms with Crippen molar-refractivity contribution in [3.05, 3.63) is 46.0 Å². The Bertz CT molecular complexity index is 924. The molecule has 0 spiro atoms. The number of hydrogen-bond donors (Lipinski definition) is 1. The van der Waals surface area contributed by atoms with E-state index in [0.29, 0.717) is 17.5 Å². The summed E-state index contributed by atoms with van der Waals surface area (Å²) in [6.45, 7) is 2.99. The molecule has 3 fully saturated rings. The first-order chi connectivity index (χ1) is 11.9. The average molecular weight is 345 g/mol. The van der Waals surface area contributed by atoms with Gasteiger partial charge in [-0.25, -0.2) is 9.18 Å². The number of hydrogen-bond acceptors (Lipinski definition) is 4. The van der Waals surface area contributed by atoms with Crippen molar-refractivity contribution in [2.24, 2.45) is 5.92 Å². The van der Waals surface area contributed by atoms with Crippen molar-refractivity contribution in [1.82, 2.24) is 9.58 Å². The maximum atomic E-state index is 13.7. The number of carboxylic acid groups (broad SMARTS) is 1. The third kappa shape index (κ3) is 2.33. The van der Waals surface area contributed by atoms with Crippen molar-refractivity contribution in [3.63, 3.8) is 0 Å². The summed E-state index contributed by atoms with van der Waals surface area (Å²) in [5.41, 5.74) is -0.456. The van der Waals surface area contributed by atoms with Crippen LogP contribution < -0.4 is 10.4 Å².